The summed E-state index contributed by atoms with van der Waals surface area (Å²) in [5, 5.41) is 1.46. The Morgan fingerprint density at radius 2 is 1.87 bits per heavy atom. The van der Waals surface area contributed by atoms with Crippen molar-refractivity contribution in [2.45, 2.75) is 20.3 Å². The molecule has 30 heavy (non-hydrogen) atoms. The van der Waals surface area contributed by atoms with Gasteiger partial charge in [0.05, 0.1) is 16.8 Å². The van der Waals surface area contributed by atoms with Gasteiger partial charge in [-0.05, 0) is 44.0 Å². The van der Waals surface area contributed by atoms with Crippen LogP contribution in [0.4, 0.5) is 5.69 Å². The zero-order valence-corrected chi connectivity index (χ0v) is 17.6. The fourth-order valence-corrected chi connectivity index (χ4v) is 4.11. The molecule has 0 N–H and O–H groups in total. The molecule has 0 spiro atoms. The molecule has 0 unspecified atom stereocenters. The molecule has 4 heterocycles. The molecule has 0 aliphatic carbocycles. The van der Waals surface area contributed by atoms with E-state index in [0.717, 1.165) is 60.7 Å². The molecular formula is C23H25N5O2. The quantitative estimate of drug-likeness (QED) is 0.524. The Labute approximate surface area is 174 Å². The molecule has 1 saturated heterocycles. The van der Waals surface area contributed by atoms with Crippen molar-refractivity contribution in [2.24, 2.45) is 0 Å². The molecule has 0 atom stereocenters. The lowest BCUT2D eigenvalue weighted by Gasteiger charge is -2.34. The highest BCUT2D eigenvalue weighted by Gasteiger charge is 2.17. The molecule has 3 aromatic heterocycles. The van der Waals surface area contributed by atoms with Gasteiger partial charge in [-0.2, -0.15) is 0 Å². The summed E-state index contributed by atoms with van der Waals surface area (Å²) in [6.45, 7) is 7.98. The average Bonchev–Trinajstić information content (AvgIpc) is 3.17. The maximum Gasteiger partial charge on any atom is 0.344 e. The van der Waals surface area contributed by atoms with Gasteiger partial charge in [0.25, 0.3) is 0 Å². The second-order valence-electron chi connectivity index (χ2n) is 8.00. The van der Waals surface area contributed by atoms with Gasteiger partial charge in [0.1, 0.15) is 5.69 Å². The smallest absolute Gasteiger partial charge is 0.344 e. The maximum absolute atomic E-state index is 12.8. The molecule has 1 aliphatic rings. The van der Waals surface area contributed by atoms with E-state index in [-0.39, 0.29) is 5.63 Å². The lowest BCUT2D eigenvalue weighted by Crippen LogP contribution is -2.44. The minimum absolute atomic E-state index is 0.333. The van der Waals surface area contributed by atoms with Crippen LogP contribution in [0, 0.1) is 6.92 Å². The van der Waals surface area contributed by atoms with Crippen molar-refractivity contribution in [1.82, 2.24) is 19.3 Å². The highest BCUT2D eigenvalue weighted by Crippen LogP contribution is 2.26. The summed E-state index contributed by atoms with van der Waals surface area (Å²) in [5.74, 6) is 0.475. The van der Waals surface area contributed by atoms with E-state index >= 15 is 0 Å². The summed E-state index contributed by atoms with van der Waals surface area (Å²) in [7, 11) is 2.13. The number of hydrogen-bond acceptors (Lipinski definition) is 6. The highest BCUT2D eigenvalue weighted by molar-refractivity contribution is 5.87. The first-order valence-corrected chi connectivity index (χ1v) is 10.4. The molecule has 0 radical (unpaired) electrons. The number of anilines is 1. The van der Waals surface area contributed by atoms with Crippen molar-refractivity contribution in [1.29, 1.82) is 0 Å². The number of aryl methyl sites for hydroxylation is 2. The zero-order valence-electron chi connectivity index (χ0n) is 17.6. The molecule has 1 fully saturated rings. The third-order valence-corrected chi connectivity index (χ3v) is 5.83. The number of benzene rings is 1. The standard InChI is InChI=1S/C23H25N5O2/c1-4-19-22-25-20(14-28(22)13-15(2)24-19)21-11-16-5-6-17(12-18(16)23(29)30-21)27-9-7-26(3)8-10-27/h5-6,11-14H,4,7-10H2,1-3H3. The second kappa shape index (κ2) is 7.25. The Bertz CT molecular complexity index is 1300. The van der Waals surface area contributed by atoms with Gasteiger partial charge < -0.3 is 18.6 Å². The minimum atomic E-state index is -0.333. The number of nitrogens with zero attached hydrogens (tertiary/aromatic N) is 5. The van der Waals surface area contributed by atoms with Gasteiger partial charge in [0.15, 0.2) is 11.4 Å². The molecule has 0 bridgehead atoms. The van der Waals surface area contributed by atoms with Crippen LogP contribution >= 0.6 is 0 Å². The molecule has 7 heteroatoms. The van der Waals surface area contributed by atoms with E-state index in [2.05, 4.69) is 34.8 Å². The van der Waals surface area contributed by atoms with Crippen LogP contribution in [0.25, 0.3) is 27.9 Å². The Hall–Kier alpha value is -3.19. The Balaban J connectivity index is 1.56. The first-order chi connectivity index (χ1) is 14.5. The maximum atomic E-state index is 12.8. The van der Waals surface area contributed by atoms with E-state index in [4.69, 9.17) is 9.40 Å². The fraction of sp³-hybridized carbons (Fsp3) is 0.348. The normalized spacial score (nSPS) is 15.4. The fourth-order valence-electron chi connectivity index (χ4n) is 4.11. The monoisotopic (exact) mass is 403 g/mol. The summed E-state index contributed by atoms with van der Waals surface area (Å²) in [6, 6.07) is 7.94. The van der Waals surface area contributed by atoms with Crippen LogP contribution in [-0.4, -0.2) is 52.5 Å². The number of rotatable bonds is 3. The average molecular weight is 403 g/mol. The van der Waals surface area contributed by atoms with Gasteiger partial charge >= 0.3 is 5.63 Å². The molecule has 5 rings (SSSR count). The van der Waals surface area contributed by atoms with Gasteiger partial charge in [-0.1, -0.05) is 13.0 Å². The Morgan fingerprint density at radius 1 is 1.07 bits per heavy atom. The number of likely N-dealkylation sites (N-methyl/N-ethyl adjacent to an activating group) is 1. The van der Waals surface area contributed by atoms with E-state index in [0.29, 0.717) is 16.8 Å². The molecule has 4 aromatic rings. The Morgan fingerprint density at radius 3 is 2.63 bits per heavy atom. The van der Waals surface area contributed by atoms with Crippen LogP contribution in [0.3, 0.4) is 0 Å². The van der Waals surface area contributed by atoms with Gasteiger partial charge in [0, 0.05) is 44.3 Å². The minimum Gasteiger partial charge on any atom is -0.421 e. The SMILES string of the molecule is CCc1nc(C)cn2cc(-c3cc4ccc(N5CCN(C)CC5)cc4c(=O)o3)nc12. The van der Waals surface area contributed by atoms with E-state index in [1.807, 2.05) is 41.9 Å². The van der Waals surface area contributed by atoms with Gasteiger partial charge in [0.2, 0.25) is 0 Å². The van der Waals surface area contributed by atoms with E-state index < -0.39 is 0 Å². The Kier molecular flexibility index (Phi) is 4.55. The van der Waals surface area contributed by atoms with Crippen LogP contribution in [-0.2, 0) is 6.42 Å². The summed E-state index contributed by atoms with van der Waals surface area (Å²) >= 11 is 0. The zero-order chi connectivity index (χ0) is 20.8. The van der Waals surface area contributed by atoms with Gasteiger partial charge in [-0.25, -0.2) is 9.78 Å². The lowest BCUT2D eigenvalue weighted by molar-refractivity contribution is 0.313. The van der Waals surface area contributed by atoms with E-state index in [1.54, 1.807) is 0 Å². The van der Waals surface area contributed by atoms with Gasteiger partial charge in [-0.15, -0.1) is 0 Å². The lowest BCUT2D eigenvalue weighted by atomic mass is 10.1. The molecule has 154 valence electrons. The largest absolute Gasteiger partial charge is 0.421 e. The van der Waals surface area contributed by atoms with Crippen molar-refractivity contribution < 1.29 is 4.42 Å². The first kappa shape index (κ1) is 18.8. The number of fused-ring (bicyclic) bond motifs is 2. The summed E-state index contributed by atoms with van der Waals surface area (Å²) in [4.78, 5) is 26.7. The third-order valence-electron chi connectivity index (χ3n) is 5.83. The second-order valence-corrected chi connectivity index (χ2v) is 8.00. The number of imidazole rings is 1. The van der Waals surface area contributed by atoms with Crippen LogP contribution in [0.2, 0.25) is 0 Å². The summed E-state index contributed by atoms with van der Waals surface area (Å²) < 4.78 is 7.65. The number of hydrogen-bond donors (Lipinski definition) is 0. The van der Waals surface area contributed by atoms with Gasteiger partial charge in [-0.3, -0.25) is 4.98 Å². The first-order valence-electron chi connectivity index (χ1n) is 10.4. The number of piperazine rings is 1. The molecule has 1 aromatic carbocycles. The topological polar surface area (TPSA) is 66.9 Å². The van der Waals surface area contributed by atoms with Crippen molar-refractivity contribution in [2.75, 3.05) is 38.1 Å². The van der Waals surface area contributed by atoms with Crippen molar-refractivity contribution >= 4 is 22.1 Å². The van der Waals surface area contributed by atoms with E-state index in [1.165, 1.54) is 0 Å². The summed E-state index contributed by atoms with van der Waals surface area (Å²) in [6.07, 6.45) is 4.62. The molecule has 0 amide bonds. The molecule has 1 aliphatic heterocycles. The van der Waals surface area contributed by atoms with Crippen LogP contribution in [0.1, 0.15) is 18.3 Å². The van der Waals surface area contributed by atoms with Crippen molar-refractivity contribution in [3.8, 4) is 11.5 Å². The summed E-state index contributed by atoms with van der Waals surface area (Å²) in [5.41, 5.74) is 4.03. The van der Waals surface area contributed by atoms with Crippen LogP contribution in [0.15, 0.2) is 45.9 Å². The number of aromatic nitrogens is 3. The van der Waals surface area contributed by atoms with E-state index in [9.17, 15) is 4.79 Å². The third kappa shape index (κ3) is 3.25. The van der Waals surface area contributed by atoms with Crippen LogP contribution < -0.4 is 10.5 Å². The predicted octanol–water partition coefficient (Wildman–Crippen LogP) is 3.13. The van der Waals surface area contributed by atoms with Crippen molar-refractivity contribution in [3.05, 3.63) is 58.5 Å². The molecule has 0 saturated carbocycles. The molecule has 7 nitrogen and oxygen atoms in total. The molecular weight excluding hydrogens is 378 g/mol. The van der Waals surface area contributed by atoms with Crippen LogP contribution in [0.5, 0.6) is 0 Å². The van der Waals surface area contributed by atoms with Crippen molar-refractivity contribution in [3.63, 3.8) is 0 Å². The highest BCUT2D eigenvalue weighted by atomic mass is 16.4. The predicted molar refractivity (Wildman–Crippen MR) is 118 cm³/mol.